The molecule has 166 valence electrons. The number of thiocarbonyl (C=S) groups is 1. The smallest absolute Gasteiger partial charge is 0.192 e. The van der Waals surface area contributed by atoms with Crippen LogP contribution in [0.5, 0.6) is 0 Å². The first kappa shape index (κ1) is 22.3. The monoisotopic (exact) mass is 500 g/mol. The zero-order valence-electron chi connectivity index (χ0n) is 17.8. The van der Waals surface area contributed by atoms with Crippen LogP contribution >= 0.6 is 35.4 Å². The number of rotatable bonds is 4. The third-order valence-corrected chi connectivity index (χ3v) is 5.91. The van der Waals surface area contributed by atoms with E-state index in [9.17, 15) is 0 Å². The molecule has 1 saturated heterocycles. The molecular formula is C27H18Cl2N4S. The van der Waals surface area contributed by atoms with Crippen molar-refractivity contribution in [3.63, 3.8) is 0 Å². The lowest BCUT2D eigenvalue weighted by atomic mass is 10.2. The molecule has 34 heavy (non-hydrogen) atoms. The molecule has 0 N–H and O–H groups in total. The van der Waals surface area contributed by atoms with Crippen molar-refractivity contribution in [1.29, 1.82) is 0 Å². The topological polar surface area (TPSA) is 31.2 Å². The molecule has 0 bridgehead atoms. The Bertz CT molecular complexity index is 1370. The SMILES string of the molecule is S=C1N(c2ccccc2)C(=Nc2ccccc2)C(=Nc2ccccc2)N1c1cc(Cl)cc(Cl)c1. The molecule has 0 aromatic heterocycles. The molecule has 0 saturated carbocycles. The van der Waals surface area contributed by atoms with Crippen molar-refractivity contribution in [2.45, 2.75) is 0 Å². The Kier molecular flexibility index (Phi) is 6.41. The zero-order chi connectivity index (χ0) is 23.5. The molecule has 4 nitrogen and oxygen atoms in total. The number of hydrogen-bond donors (Lipinski definition) is 0. The quantitative estimate of drug-likeness (QED) is 0.265. The molecular weight excluding hydrogens is 483 g/mol. The van der Waals surface area contributed by atoms with Gasteiger partial charge < -0.3 is 0 Å². The van der Waals surface area contributed by atoms with Crippen molar-refractivity contribution in [3.8, 4) is 0 Å². The van der Waals surface area contributed by atoms with Crippen LogP contribution in [0.2, 0.25) is 10.0 Å². The zero-order valence-corrected chi connectivity index (χ0v) is 20.2. The summed E-state index contributed by atoms with van der Waals surface area (Å²) in [4.78, 5) is 13.7. The van der Waals surface area contributed by atoms with Crippen LogP contribution in [-0.2, 0) is 0 Å². The summed E-state index contributed by atoms with van der Waals surface area (Å²) >= 11 is 18.7. The van der Waals surface area contributed by atoms with Crippen molar-refractivity contribution in [2.75, 3.05) is 9.80 Å². The highest BCUT2D eigenvalue weighted by Gasteiger charge is 2.40. The fraction of sp³-hybridized carbons (Fsp3) is 0. The molecule has 0 radical (unpaired) electrons. The number of nitrogens with zero attached hydrogens (tertiary/aromatic N) is 4. The molecule has 0 spiro atoms. The predicted octanol–water partition coefficient (Wildman–Crippen LogP) is 8.07. The molecule has 1 aliphatic heterocycles. The van der Waals surface area contributed by atoms with Gasteiger partial charge in [0.05, 0.1) is 17.1 Å². The van der Waals surface area contributed by atoms with E-state index in [2.05, 4.69) is 0 Å². The molecule has 0 unspecified atom stereocenters. The van der Waals surface area contributed by atoms with Crippen LogP contribution in [0.25, 0.3) is 0 Å². The average Bonchev–Trinajstić information content (AvgIpc) is 3.11. The number of aliphatic imine (C=N–C) groups is 2. The van der Waals surface area contributed by atoms with Crippen LogP contribution in [0.15, 0.2) is 119 Å². The van der Waals surface area contributed by atoms with Gasteiger partial charge in [0, 0.05) is 15.7 Å². The maximum Gasteiger partial charge on any atom is 0.192 e. The van der Waals surface area contributed by atoms with Crippen LogP contribution in [-0.4, -0.2) is 16.8 Å². The van der Waals surface area contributed by atoms with Crippen molar-refractivity contribution < 1.29 is 0 Å². The van der Waals surface area contributed by atoms with E-state index in [-0.39, 0.29) is 0 Å². The molecule has 0 amide bonds. The lowest BCUT2D eigenvalue weighted by molar-refractivity contribution is 1.40. The second kappa shape index (κ2) is 9.77. The van der Waals surface area contributed by atoms with Gasteiger partial charge in [0.25, 0.3) is 0 Å². The molecule has 1 fully saturated rings. The Morgan fingerprint density at radius 3 is 1.41 bits per heavy atom. The Morgan fingerprint density at radius 1 is 0.529 bits per heavy atom. The van der Waals surface area contributed by atoms with E-state index in [1.54, 1.807) is 6.07 Å². The van der Waals surface area contributed by atoms with E-state index >= 15 is 0 Å². The Balaban J connectivity index is 1.77. The van der Waals surface area contributed by atoms with Crippen LogP contribution in [0, 0.1) is 0 Å². The maximum atomic E-state index is 6.37. The summed E-state index contributed by atoms with van der Waals surface area (Å²) in [6, 6.07) is 34.6. The van der Waals surface area contributed by atoms with Gasteiger partial charge in [0.2, 0.25) is 0 Å². The van der Waals surface area contributed by atoms with Gasteiger partial charge in [-0.05, 0) is 66.8 Å². The standard InChI is InChI=1S/C27H18Cl2N4S/c28-19-16-20(29)18-24(17-19)33-26(31-22-12-6-2-7-13-22)25(30-21-10-4-1-5-11-21)32(27(33)34)23-14-8-3-9-15-23/h1-18H. The number of amidine groups is 2. The highest BCUT2D eigenvalue weighted by Crippen LogP contribution is 2.34. The summed E-state index contributed by atoms with van der Waals surface area (Å²) < 4.78 is 0. The van der Waals surface area contributed by atoms with E-state index in [0.29, 0.717) is 32.5 Å². The van der Waals surface area contributed by atoms with E-state index in [1.807, 2.05) is 113 Å². The first-order valence-corrected chi connectivity index (χ1v) is 11.7. The number of benzene rings is 4. The normalized spacial score (nSPS) is 16.0. The van der Waals surface area contributed by atoms with Crippen LogP contribution in [0.3, 0.4) is 0 Å². The van der Waals surface area contributed by atoms with Crippen molar-refractivity contribution in [2.24, 2.45) is 9.98 Å². The first-order chi connectivity index (χ1) is 16.6. The van der Waals surface area contributed by atoms with Crippen LogP contribution in [0.1, 0.15) is 0 Å². The Hall–Kier alpha value is -3.51. The summed E-state index contributed by atoms with van der Waals surface area (Å²) in [6.45, 7) is 0. The lowest BCUT2D eigenvalue weighted by Crippen LogP contribution is -2.33. The minimum atomic E-state index is 0.494. The maximum absolute atomic E-state index is 6.37. The lowest BCUT2D eigenvalue weighted by Gasteiger charge is -2.21. The molecule has 7 heteroatoms. The van der Waals surface area contributed by atoms with Crippen molar-refractivity contribution in [1.82, 2.24) is 0 Å². The van der Waals surface area contributed by atoms with Gasteiger partial charge in [-0.3, -0.25) is 9.80 Å². The molecule has 4 aromatic carbocycles. The number of anilines is 2. The van der Waals surface area contributed by atoms with E-state index in [1.165, 1.54) is 0 Å². The van der Waals surface area contributed by atoms with Gasteiger partial charge in [-0.25, -0.2) is 9.98 Å². The van der Waals surface area contributed by atoms with Crippen molar-refractivity contribution >= 4 is 75.0 Å². The number of halogens is 2. The Morgan fingerprint density at radius 2 is 0.941 bits per heavy atom. The summed E-state index contributed by atoms with van der Waals surface area (Å²) in [5.41, 5.74) is 3.14. The number of hydrogen-bond acceptors (Lipinski definition) is 3. The molecule has 4 aromatic rings. The Labute approximate surface area is 213 Å². The number of para-hydroxylation sites is 3. The summed E-state index contributed by atoms with van der Waals surface area (Å²) in [5, 5.41) is 1.50. The second-order valence-corrected chi connectivity index (χ2v) is 8.70. The minimum absolute atomic E-state index is 0.494. The third kappa shape index (κ3) is 4.59. The van der Waals surface area contributed by atoms with Crippen LogP contribution < -0.4 is 9.80 Å². The highest BCUT2D eigenvalue weighted by molar-refractivity contribution is 7.81. The summed E-state index contributed by atoms with van der Waals surface area (Å²) in [5.74, 6) is 1.17. The molecule has 0 aliphatic carbocycles. The van der Waals surface area contributed by atoms with Crippen LogP contribution in [0.4, 0.5) is 22.7 Å². The molecule has 1 aliphatic rings. The second-order valence-electron chi connectivity index (χ2n) is 7.46. The van der Waals surface area contributed by atoms with Gasteiger partial charge in [-0.1, -0.05) is 77.8 Å². The van der Waals surface area contributed by atoms with Gasteiger partial charge in [0.1, 0.15) is 0 Å². The first-order valence-electron chi connectivity index (χ1n) is 10.5. The fourth-order valence-corrected chi connectivity index (χ4v) is 4.54. The van der Waals surface area contributed by atoms with Gasteiger partial charge in [-0.15, -0.1) is 0 Å². The van der Waals surface area contributed by atoms with Crippen molar-refractivity contribution in [3.05, 3.63) is 119 Å². The van der Waals surface area contributed by atoms with Gasteiger partial charge in [0.15, 0.2) is 16.8 Å². The predicted molar refractivity (Wildman–Crippen MR) is 148 cm³/mol. The molecule has 1 heterocycles. The highest BCUT2D eigenvalue weighted by atomic mass is 35.5. The van der Waals surface area contributed by atoms with Gasteiger partial charge >= 0.3 is 0 Å². The largest absolute Gasteiger partial charge is 0.268 e. The fourth-order valence-electron chi connectivity index (χ4n) is 3.64. The molecule has 0 atom stereocenters. The summed E-state index contributed by atoms with van der Waals surface area (Å²) in [6.07, 6.45) is 0. The van der Waals surface area contributed by atoms with E-state index < -0.39 is 0 Å². The summed E-state index contributed by atoms with van der Waals surface area (Å²) in [7, 11) is 0. The molecule has 5 rings (SSSR count). The van der Waals surface area contributed by atoms with E-state index in [4.69, 9.17) is 45.4 Å². The third-order valence-electron chi connectivity index (χ3n) is 5.11. The average molecular weight is 501 g/mol. The minimum Gasteiger partial charge on any atom is -0.268 e. The van der Waals surface area contributed by atoms with E-state index in [0.717, 1.165) is 17.1 Å². The van der Waals surface area contributed by atoms with Gasteiger partial charge in [-0.2, -0.15) is 0 Å².